The van der Waals surface area contributed by atoms with Crippen molar-refractivity contribution in [3.8, 4) is 0 Å². The molecular weight excluding hydrogens is 236 g/mol. The molecule has 19 heavy (non-hydrogen) atoms. The van der Waals surface area contributed by atoms with Crippen molar-refractivity contribution in [3.05, 3.63) is 12.2 Å². The second-order valence-electron chi connectivity index (χ2n) is 5.57. The van der Waals surface area contributed by atoms with E-state index in [0.29, 0.717) is 12.8 Å². The van der Waals surface area contributed by atoms with Gasteiger partial charge < -0.3 is 10.2 Å². The van der Waals surface area contributed by atoms with E-state index in [1.807, 2.05) is 6.08 Å². The first-order chi connectivity index (χ1) is 9.20. The number of hydrogen-bond donors (Lipinski definition) is 2. The van der Waals surface area contributed by atoms with Gasteiger partial charge in [-0.1, -0.05) is 64.5 Å². The maximum absolute atomic E-state index is 9.74. The number of unbranched alkanes of at least 4 members (excludes halogenated alkanes) is 6. The molecule has 0 bridgehead atoms. The summed E-state index contributed by atoms with van der Waals surface area (Å²) < 4.78 is 0. The molecule has 0 aromatic rings. The molecule has 0 aliphatic carbocycles. The van der Waals surface area contributed by atoms with Gasteiger partial charge in [-0.05, 0) is 32.1 Å². The summed E-state index contributed by atoms with van der Waals surface area (Å²) in [5.41, 5.74) is 0. The molecule has 0 aromatic heterocycles. The Hall–Kier alpha value is -0.340. The minimum atomic E-state index is -0.383. The van der Waals surface area contributed by atoms with Crippen LogP contribution in [0.2, 0.25) is 0 Å². The van der Waals surface area contributed by atoms with E-state index in [1.54, 1.807) is 0 Å². The molecule has 2 atom stereocenters. The lowest BCUT2D eigenvalue weighted by Crippen LogP contribution is -2.11. The third-order valence-corrected chi connectivity index (χ3v) is 3.50. The molecule has 0 aliphatic rings. The van der Waals surface area contributed by atoms with Gasteiger partial charge in [0.25, 0.3) is 0 Å². The Morgan fingerprint density at radius 3 is 2.16 bits per heavy atom. The number of aliphatic hydroxyl groups is 2. The Kier molecular flexibility index (Phi) is 13.8. The smallest absolute Gasteiger partial charge is 0.0721 e. The second-order valence-corrected chi connectivity index (χ2v) is 5.57. The number of allylic oxidation sites excluding steroid dienone is 1. The van der Waals surface area contributed by atoms with Crippen molar-refractivity contribution >= 4 is 0 Å². The van der Waals surface area contributed by atoms with E-state index in [0.717, 1.165) is 19.3 Å². The van der Waals surface area contributed by atoms with Gasteiger partial charge in [0, 0.05) is 0 Å². The van der Waals surface area contributed by atoms with E-state index in [2.05, 4.69) is 19.9 Å². The Balaban J connectivity index is 3.38. The van der Waals surface area contributed by atoms with Crippen LogP contribution in [0.5, 0.6) is 0 Å². The zero-order valence-electron chi connectivity index (χ0n) is 13.0. The molecule has 0 heterocycles. The largest absolute Gasteiger partial charge is 0.393 e. The van der Waals surface area contributed by atoms with Crippen LogP contribution in [0.15, 0.2) is 12.2 Å². The van der Waals surface area contributed by atoms with Gasteiger partial charge in [-0.3, -0.25) is 0 Å². The quantitative estimate of drug-likeness (QED) is 0.379. The fourth-order valence-electron chi connectivity index (χ4n) is 2.23. The summed E-state index contributed by atoms with van der Waals surface area (Å²) in [5.74, 6) is 0. The van der Waals surface area contributed by atoms with E-state index in [-0.39, 0.29) is 12.2 Å². The summed E-state index contributed by atoms with van der Waals surface area (Å²) in [6.07, 6.45) is 15.5. The summed E-state index contributed by atoms with van der Waals surface area (Å²) in [6.45, 7) is 4.31. The SMILES string of the molecule is CCCCCCCCC=CC(O)CCC(O)CCC. The molecule has 0 aliphatic heterocycles. The highest BCUT2D eigenvalue weighted by molar-refractivity contribution is 4.88. The molecule has 114 valence electrons. The van der Waals surface area contributed by atoms with Crippen molar-refractivity contribution in [1.29, 1.82) is 0 Å². The highest BCUT2D eigenvalue weighted by Gasteiger charge is 2.05. The van der Waals surface area contributed by atoms with Gasteiger partial charge in [0.2, 0.25) is 0 Å². The van der Waals surface area contributed by atoms with Crippen molar-refractivity contribution in [3.63, 3.8) is 0 Å². The van der Waals surface area contributed by atoms with Gasteiger partial charge >= 0.3 is 0 Å². The number of aliphatic hydroxyl groups excluding tert-OH is 2. The lowest BCUT2D eigenvalue weighted by molar-refractivity contribution is 0.125. The molecule has 0 spiro atoms. The maximum Gasteiger partial charge on any atom is 0.0721 e. The molecule has 2 heteroatoms. The summed E-state index contributed by atoms with van der Waals surface area (Å²) in [4.78, 5) is 0. The van der Waals surface area contributed by atoms with E-state index < -0.39 is 0 Å². The summed E-state index contributed by atoms with van der Waals surface area (Å²) >= 11 is 0. The molecule has 0 aromatic carbocycles. The molecule has 0 fully saturated rings. The van der Waals surface area contributed by atoms with Crippen LogP contribution in [0.1, 0.15) is 84.5 Å². The third-order valence-electron chi connectivity index (χ3n) is 3.50. The topological polar surface area (TPSA) is 40.5 Å². The minimum absolute atomic E-state index is 0.244. The third kappa shape index (κ3) is 13.9. The number of rotatable bonds is 13. The van der Waals surface area contributed by atoms with Crippen molar-refractivity contribution in [1.82, 2.24) is 0 Å². The molecule has 2 unspecified atom stereocenters. The normalized spacial score (nSPS) is 14.9. The van der Waals surface area contributed by atoms with E-state index in [4.69, 9.17) is 0 Å². The highest BCUT2D eigenvalue weighted by atomic mass is 16.3. The summed E-state index contributed by atoms with van der Waals surface area (Å²) in [7, 11) is 0. The Morgan fingerprint density at radius 1 is 0.789 bits per heavy atom. The van der Waals surface area contributed by atoms with Crippen molar-refractivity contribution in [2.75, 3.05) is 0 Å². The lowest BCUT2D eigenvalue weighted by atomic mass is 10.1. The zero-order valence-corrected chi connectivity index (χ0v) is 13.0. The van der Waals surface area contributed by atoms with Gasteiger partial charge in [0.15, 0.2) is 0 Å². The van der Waals surface area contributed by atoms with Crippen LogP contribution in [-0.2, 0) is 0 Å². The highest BCUT2D eigenvalue weighted by Crippen LogP contribution is 2.10. The second kappa shape index (κ2) is 14.1. The van der Waals surface area contributed by atoms with Crippen LogP contribution in [0.25, 0.3) is 0 Å². The standard InChI is InChI=1S/C17H34O2/c1-3-5-6-7-8-9-10-11-13-17(19)15-14-16(18)12-4-2/h11,13,16-19H,3-10,12,14-15H2,1-2H3. The average Bonchev–Trinajstić information content (AvgIpc) is 2.40. The first-order valence-corrected chi connectivity index (χ1v) is 8.23. The predicted molar refractivity (Wildman–Crippen MR) is 83.3 cm³/mol. The first-order valence-electron chi connectivity index (χ1n) is 8.23. The molecule has 0 saturated heterocycles. The molecule has 0 radical (unpaired) electrons. The molecule has 0 saturated carbocycles. The van der Waals surface area contributed by atoms with E-state index >= 15 is 0 Å². The van der Waals surface area contributed by atoms with Gasteiger partial charge in [-0.2, -0.15) is 0 Å². The van der Waals surface area contributed by atoms with Crippen LogP contribution in [-0.4, -0.2) is 22.4 Å². The Morgan fingerprint density at radius 2 is 1.47 bits per heavy atom. The molecule has 0 amide bonds. The molecule has 0 rings (SSSR count). The fraction of sp³-hybridized carbons (Fsp3) is 0.882. The lowest BCUT2D eigenvalue weighted by Gasteiger charge is -2.10. The van der Waals surface area contributed by atoms with Crippen molar-refractivity contribution in [2.45, 2.75) is 96.7 Å². The fourth-order valence-corrected chi connectivity index (χ4v) is 2.23. The molecule has 2 N–H and O–H groups in total. The van der Waals surface area contributed by atoms with Crippen LogP contribution >= 0.6 is 0 Å². The van der Waals surface area contributed by atoms with Crippen molar-refractivity contribution in [2.24, 2.45) is 0 Å². The van der Waals surface area contributed by atoms with Crippen LogP contribution < -0.4 is 0 Å². The van der Waals surface area contributed by atoms with E-state index in [1.165, 1.54) is 38.5 Å². The molecule has 2 nitrogen and oxygen atoms in total. The Labute approximate surface area is 119 Å². The van der Waals surface area contributed by atoms with Gasteiger partial charge in [0.05, 0.1) is 12.2 Å². The van der Waals surface area contributed by atoms with Crippen LogP contribution in [0, 0.1) is 0 Å². The van der Waals surface area contributed by atoms with Gasteiger partial charge in [0.1, 0.15) is 0 Å². The summed E-state index contributed by atoms with van der Waals surface area (Å²) in [5, 5.41) is 19.3. The van der Waals surface area contributed by atoms with E-state index in [9.17, 15) is 10.2 Å². The van der Waals surface area contributed by atoms with Gasteiger partial charge in [-0.15, -0.1) is 0 Å². The monoisotopic (exact) mass is 270 g/mol. The van der Waals surface area contributed by atoms with Crippen LogP contribution in [0.3, 0.4) is 0 Å². The minimum Gasteiger partial charge on any atom is -0.393 e. The van der Waals surface area contributed by atoms with Crippen molar-refractivity contribution < 1.29 is 10.2 Å². The predicted octanol–water partition coefficient (Wildman–Crippen LogP) is 4.60. The zero-order chi connectivity index (χ0) is 14.3. The Bertz CT molecular complexity index is 201. The number of hydrogen-bond acceptors (Lipinski definition) is 2. The maximum atomic E-state index is 9.74. The van der Waals surface area contributed by atoms with Crippen LogP contribution in [0.4, 0.5) is 0 Å². The van der Waals surface area contributed by atoms with Gasteiger partial charge in [-0.25, -0.2) is 0 Å². The first kappa shape index (κ1) is 18.7. The summed E-state index contributed by atoms with van der Waals surface area (Å²) in [6, 6.07) is 0. The molecular formula is C17H34O2. The average molecular weight is 270 g/mol.